The predicted octanol–water partition coefficient (Wildman–Crippen LogP) is 9.63. The van der Waals surface area contributed by atoms with Crippen LogP contribution in [0.2, 0.25) is 0 Å². The third-order valence-electron chi connectivity index (χ3n) is 8.24. The molecule has 0 saturated heterocycles. The van der Waals surface area contributed by atoms with E-state index in [2.05, 4.69) is 110 Å². The fourth-order valence-corrected chi connectivity index (χ4v) is 6.23. The highest BCUT2D eigenvalue weighted by molar-refractivity contribution is 6.15. The van der Waals surface area contributed by atoms with E-state index in [4.69, 9.17) is 19.4 Å². The zero-order valence-corrected chi connectivity index (χ0v) is 23.1. The van der Waals surface area contributed by atoms with Gasteiger partial charge in [-0.15, -0.1) is 0 Å². The Kier molecular flexibility index (Phi) is 5.78. The zero-order valence-electron chi connectivity index (χ0n) is 23.1. The van der Waals surface area contributed by atoms with Gasteiger partial charge in [0, 0.05) is 33.4 Å². The van der Waals surface area contributed by atoms with Gasteiger partial charge in [0.2, 0.25) is 0 Å². The van der Waals surface area contributed by atoms with Crippen molar-refractivity contribution < 1.29 is 4.42 Å². The van der Waals surface area contributed by atoms with Gasteiger partial charge in [-0.3, -0.25) is 0 Å². The molecule has 0 amide bonds. The third-order valence-corrected chi connectivity index (χ3v) is 8.24. The number of benzene rings is 5. The molecule has 42 heavy (non-hydrogen) atoms. The minimum atomic E-state index is 0.131. The quantitative estimate of drug-likeness (QED) is 0.223. The van der Waals surface area contributed by atoms with Crippen LogP contribution in [0, 0.1) is 5.92 Å². The van der Waals surface area contributed by atoms with E-state index in [1.165, 1.54) is 10.9 Å². The molecule has 1 aliphatic rings. The molecule has 2 atom stereocenters. The van der Waals surface area contributed by atoms with Gasteiger partial charge in [0.25, 0.3) is 0 Å². The van der Waals surface area contributed by atoms with E-state index in [1.54, 1.807) is 0 Å². The average molecular weight is 542 g/mol. The Balaban J connectivity index is 1.38. The van der Waals surface area contributed by atoms with Gasteiger partial charge in [0.1, 0.15) is 11.2 Å². The van der Waals surface area contributed by atoms with Crippen molar-refractivity contribution in [2.75, 3.05) is 0 Å². The molecule has 0 bridgehead atoms. The van der Waals surface area contributed by atoms with Crippen LogP contribution in [0.3, 0.4) is 0 Å². The number of rotatable bonds is 4. The highest BCUT2D eigenvalue weighted by atomic mass is 16.3. The molecule has 0 spiro atoms. The van der Waals surface area contributed by atoms with Gasteiger partial charge in [-0.05, 0) is 40.5 Å². The maximum absolute atomic E-state index is 6.38. The first-order chi connectivity index (χ1) is 20.7. The Labute approximate surface area is 243 Å². The molecule has 0 aliphatic heterocycles. The van der Waals surface area contributed by atoms with Gasteiger partial charge in [-0.1, -0.05) is 122 Å². The Hall–Kier alpha value is -5.35. The number of nitrogens with zero attached hydrogens (tertiary/aromatic N) is 3. The fourth-order valence-electron chi connectivity index (χ4n) is 6.23. The standard InChI is InChI=1S/C38H27N3O/c1-24-12-10-19-29(34(24)25-13-4-2-5-14-25)37-39-36(26-15-6-3-7-16-26)40-38(41-37)30-20-11-21-32-35(30)31-22-27-17-8-9-18-28(27)23-33(31)42-32/h2-24,34H,1H3. The summed E-state index contributed by atoms with van der Waals surface area (Å²) in [6.45, 7) is 2.25. The summed E-state index contributed by atoms with van der Waals surface area (Å²) < 4.78 is 6.38. The van der Waals surface area contributed by atoms with E-state index < -0.39 is 0 Å². The Bertz CT molecular complexity index is 2160. The highest BCUT2D eigenvalue weighted by Gasteiger charge is 2.28. The Morgan fingerprint density at radius 2 is 1.31 bits per heavy atom. The van der Waals surface area contributed by atoms with E-state index in [9.17, 15) is 0 Å². The maximum Gasteiger partial charge on any atom is 0.164 e. The van der Waals surface area contributed by atoms with Crippen LogP contribution in [0.5, 0.6) is 0 Å². The molecule has 1 aliphatic carbocycles. The smallest absolute Gasteiger partial charge is 0.164 e. The summed E-state index contributed by atoms with van der Waals surface area (Å²) in [6, 6.07) is 39.6. The third kappa shape index (κ3) is 4.11. The van der Waals surface area contributed by atoms with Crippen LogP contribution in [0.4, 0.5) is 0 Å². The SMILES string of the molecule is CC1C=CC=C(c2nc(-c3ccccc3)nc(-c3cccc4oc5cc6ccccc6cc5c34)n2)C1c1ccccc1. The molecule has 7 aromatic rings. The van der Waals surface area contributed by atoms with Crippen molar-refractivity contribution in [3.8, 4) is 22.8 Å². The lowest BCUT2D eigenvalue weighted by molar-refractivity contribution is 0.645. The molecule has 0 N–H and O–H groups in total. The van der Waals surface area contributed by atoms with E-state index in [1.807, 2.05) is 30.3 Å². The minimum Gasteiger partial charge on any atom is -0.456 e. The van der Waals surface area contributed by atoms with Crippen molar-refractivity contribution in [2.24, 2.45) is 5.92 Å². The molecular formula is C38H27N3O. The summed E-state index contributed by atoms with van der Waals surface area (Å²) in [6.07, 6.45) is 6.54. The van der Waals surface area contributed by atoms with E-state index in [0.29, 0.717) is 23.4 Å². The summed E-state index contributed by atoms with van der Waals surface area (Å²) in [5.41, 5.74) is 5.89. The highest BCUT2D eigenvalue weighted by Crippen LogP contribution is 2.42. The first kappa shape index (κ1) is 24.4. The van der Waals surface area contributed by atoms with Crippen molar-refractivity contribution in [1.29, 1.82) is 0 Å². The number of hydrogen-bond acceptors (Lipinski definition) is 4. The van der Waals surface area contributed by atoms with E-state index >= 15 is 0 Å². The molecule has 0 saturated carbocycles. The first-order valence-corrected chi connectivity index (χ1v) is 14.3. The van der Waals surface area contributed by atoms with Crippen molar-refractivity contribution in [3.05, 3.63) is 145 Å². The summed E-state index contributed by atoms with van der Waals surface area (Å²) in [5, 5.41) is 4.39. The van der Waals surface area contributed by atoms with Crippen LogP contribution in [0.15, 0.2) is 138 Å². The second-order valence-corrected chi connectivity index (χ2v) is 10.9. The number of aromatic nitrogens is 3. The van der Waals surface area contributed by atoms with Gasteiger partial charge < -0.3 is 4.42 Å². The molecule has 4 nitrogen and oxygen atoms in total. The van der Waals surface area contributed by atoms with Crippen molar-refractivity contribution >= 4 is 38.3 Å². The number of furan rings is 1. The van der Waals surface area contributed by atoms with Crippen LogP contribution in [0.1, 0.15) is 24.2 Å². The van der Waals surface area contributed by atoms with E-state index in [-0.39, 0.29) is 5.92 Å². The first-order valence-electron chi connectivity index (χ1n) is 14.3. The molecule has 2 unspecified atom stereocenters. The fraction of sp³-hybridized carbons (Fsp3) is 0.0789. The maximum atomic E-state index is 6.38. The second-order valence-electron chi connectivity index (χ2n) is 10.9. The van der Waals surface area contributed by atoms with Crippen LogP contribution >= 0.6 is 0 Å². The molecule has 200 valence electrons. The molecule has 4 heteroatoms. The molecule has 0 fully saturated rings. The van der Waals surface area contributed by atoms with E-state index in [0.717, 1.165) is 44.0 Å². The number of hydrogen-bond donors (Lipinski definition) is 0. The molecular weight excluding hydrogens is 514 g/mol. The van der Waals surface area contributed by atoms with Gasteiger partial charge in [-0.2, -0.15) is 0 Å². The molecule has 8 rings (SSSR count). The predicted molar refractivity (Wildman–Crippen MR) is 171 cm³/mol. The normalized spacial score (nSPS) is 16.7. The lowest BCUT2D eigenvalue weighted by atomic mass is 9.78. The minimum absolute atomic E-state index is 0.131. The Morgan fingerprint density at radius 3 is 2.12 bits per heavy atom. The van der Waals surface area contributed by atoms with Crippen molar-refractivity contribution in [2.45, 2.75) is 12.8 Å². The van der Waals surface area contributed by atoms with Crippen LogP contribution in [-0.4, -0.2) is 15.0 Å². The summed E-state index contributed by atoms with van der Waals surface area (Å²) in [7, 11) is 0. The van der Waals surface area contributed by atoms with Gasteiger partial charge in [-0.25, -0.2) is 15.0 Å². The number of fused-ring (bicyclic) bond motifs is 4. The number of allylic oxidation sites excluding steroid dienone is 4. The summed E-state index contributed by atoms with van der Waals surface area (Å²) >= 11 is 0. The summed E-state index contributed by atoms with van der Waals surface area (Å²) in [5.74, 6) is 2.41. The van der Waals surface area contributed by atoms with Gasteiger partial charge >= 0.3 is 0 Å². The van der Waals surface area contributed by atoms with Crippen LogP contribution in [0.25, 0.3) is 61.1 Å². The molecule has 5 aromatic carbocycles. The van der Waals surface area contributed by atoms with Crippen molar-refractivity contribution in [3.63, 3.8) is 0 Å². The lowest BCUT2D eigenvalue weighted by Crippen LogP contribution is -2.15. The summed E-state index contributed by atoms with van der Waals surface area (Å²) in [4.78, 5) is 15.4. The molecule has 2 heterocycles. The van der Waals surface area contributed by atoms with Gasteiger partial charge in [0.15, 0.2) is 17.5 Å². The molecule has 0 radical (unpaired) electrons. The average Bonchev–Trinajstić information content (AvgIpc) is 3.41. The monoisotopic (exact) mass is 541 g/mol. The Morgan fingerprint density at radius 1 is 0.619 bits per heavy atom. The zero-order chi connectivity index (χ0) is 28.0. The van der Waals surface area contributed by atoms with Crippen LogP contribution in [-0.2, 0) is 0 Å². The van der Waals surface area contributed by atoms with Gasteiger partial charge in [0.05, 0.1) is 0 Å². The lowest BCUT2D eigenvalue weighted by Gasteiger charge is -2.27. The second kappa shape index (κ2) is 9.93. The largest absolute Gasteiger partial charge is 0.456 e. The van der Waals surface area contributed by atoms with Crippen LogP contribution < -0.4 is 0 Å². The molecule has 2 aromatic heterocycles. The topological polar surface area (TPSA) is 51.8 Å². The van der Waals surface area contributed by atoms with Crippen molar-refractivity contribution in [1.82, 2.24) is 15.0 Å².